The minimum atomic E-state index is -2.15. The number of rotatable bonds is 3. The van der Waals surface area contributed by atoms with Crippen LogP contribution in [0, 0.1) is 0 Å². The van der Waals surface area contributed by atoms with Crippen LogP contribution < -0.4 is 5.32 Å². The number of nitrogens with one attached hydrogen (secondary N) is 1. The molecule has 0 unspecified atom stereocenters. The first kappa shape index (κ1) is 7.90. The van der Waals surface area contributed by atoms with Crippen molar-refractivity contribution in [2.75, 3.05) is 0 Å². The Labute approximate surface area is 51.3 Å². The lowest BCUT2D eigenvalue weighted by Crippen LogP contribution is -2.48. The van der Waals surface area contributed by atoms with Gasteiger partial charge in [-0.2, -0.15) is 0 Å². The smallest absolute Gasteiger partial charge is 0.356 e. The van der Waals surface area contributed by atoms with E-state index < -0.39 is 11.7 Å². The van der Waals surface area contributed by atoms with Crippen LogP contribution in [0.4, 0.5) is 0 Å². The number of hydrogen-bond acceptors (Lipinski definition) is 3. The summed E-state index contributed by atoms with van der Waals surface area (Å²) in [6, 6.07) is 0. The summed E-state index contributed by atoms with van der Waals surface area (Å²) >= 11 is 0. The topological polar surface area (TPSA) is 86.6 Å². The minimum absolute atomic E-state index is 0.119. The molecular formula is C4H7NO4. The molecule has 0 aromatic rings. The fourth-order valence-corrected chi connectivity index (χ4v) is 0.176. The van der Waals surface area contributed by atoms with Crippen molar-refractivity contribution in [1.82, 2.24) is 5.32 Å². The van der Waals surface area contributed by atoms with Gasteiger partial charge in [-0.05, 0) is 6.92 Å². The van der Waals surface area contributed by atoms with E-state index in [1.165, 1.54) is 0 Å². The quantitative estimate of drug-likeness (QED) is 0.324. The van der Waals surface area contributed by atoms with E-state index in [2.05, 4.69) is 0 Å². The van der Waals surface area contributed by atoms with E-state index in [4.69, 9.17) is 10.2 Å². The average Bonchev–Trinajstić information content (AvgIpc) is 1.65. The maximum absolute atomic E-state index is 9.94. The molecule has 0 aliphatic carbocycles. The van der Waals surface area contributed by atoms with Gasteiger partial charge in [-0.25, -0.2) is 4.79 Å². The van der Waals surface area contributed by atoms with Crippen molar-refractivity contribution in [3.8, 4) is 0 Å². The molecule has 1 amide bonds. The molecule has 0 aromatic heterocycles. The van der Waals surface area contributed by atoms with Crippen molar-refractivity contribution in [1.29, 1.82) is 0 Å². The zero-order valence-corrected chi connectivity index (χ0v) is 4.79. The van der Waals surface area contributed by atoms with Crippen LogP contribution in [0.2, 0.25) is 0 Å². The third-order valence-corrected chi connectivity index (χ3v) is 0.756. The molecule has 0 fully saturated rings. The number of amides is 1. The van der Waals surface area contributed by atoms with E-state index in [9.17, 15) is 9.59 Å². The number of carboxylic acid groups (broad SMARTS) is 1. The number of carbonyl (C=O) groups is 2. The molecule has 0 heterocycles. The highest BCUT2D eigenvalue weighted by Gasteiger charge is 2.28. The Morgan fingerprint density at radius 3 is 2.33 bits per heavy atom. The summed E-state index contributed by atoms with van der Waals surface area (Å²) in [7, 11) is 0. The molecule has 0 aromatic carbocycles. The molecule has 5 heteroatoms. The second kappa shape index (κ2) is 2.45. The summed E-state index contributed by atoms with van der Waals surface area (Å²) in [5.41, 5.74) is -2.15. The van der Waals surface area contributed by atoms with Crippen molar-refractivity contribution in [3.63, 3.8) is 0 Å². The summed E-state index contributed by atoms with van der Waals surface area (Å²) < 4.78 is 0. The van der Waals surface area contributed by atoms with Crippen LogP contribution in [0.15, 0.2) is 0 Å². The van der Waals surface area contributed by atoms with Crippen LogP contribution in [0.3, 0.4) is 0 Å². The summed E-state index contributed by atoms with van der Waals surface area (Å²) in [5.74, 6) is -1.49. The second-order valence-electron chi connectivity index (χ2n) is 1.64. The fourth-order valence-electron chi connectivity index (χ4n) is 0.176. The summed E-state index contributed by atoms with van der Waals surface area (Å²) in [6.07, 6.45) is 0.119. The van der Waals surface area contributed by atoms with Crippen LogP contribution >= 0.6 is 0 Å². The summed E-state index contributed by atoms with van der Waals surface area (Å²) in [4.78, 5) is 19.5. The Morgan fingerprint density at radius 1 is 1.78 bits per heavy atom. The fraction of sp³-hybridized carbons (Fsp3) is 0.500. The first-order valence-electron chi connectivity index (χ1n) is 2.18. The van der Waals surface area contributed by atoms with Crippen molar-refractivity contribution >= 4 is 12.4 Å². The Kier molecular flexibility index (Phi) is 2.15. The van der Waals surface area contributed by atoms with Gasteiger partial charge in [0.2, 0.25) is 12.1 Å². The standard InChI is InChI=1S/C4H7NO4/c1-4(9,3(7)8)5-2-6/h2,9H,1H3,(H,5,6)(H,7,8)/t4-/m1/s1. The van der Waals surface area contributed by atoms with Gasteiger partial charge < -0.3 is 15.5 Å². The Balaban J connectivity index is 4.00. The Bertz CT molecular complexity index is 131. The summed E-state index contributed by atoms with van der Waals surface area (Å²) in [6.45, 7) is 0.962. The lowest BCUT2D eigenvalue weighted by Gasteiger charge is -2.14. The molecule has 0 aliphatic heterocycles. The van der Waals surface area contributed by atoms with E-state index in [-0.39, 0.29) is 6.41 Å². The lowest BCUT2D eigenvalue weighted by molar-refractivity contribution is -0.161. The highest BCUT2D eigenvalue weighted by atomic mass is 16.4. The van der Waals surface area contributed by atoms with Crippen LogP contribution in [0.1, 0.15) is 6.92 Å². The number of aliphatic carboxylic acids is 1. The molecule has 52 valence electrons. The van der Waals surface area contributed by atoms with Crippen molar-refractivity contribution in [3.05, 3.63) is 0 Å². The van der Waals surface area contributed by atoms with Crippen LogP contribution in [0.5, 0.6) is 0 Å². The number of carbonyl (C=O) groups excluding carboxylic acids is 1. The number of hydrogen-bond donors (Lipinski definition) is 3. The Morgan fingerprint density at radius 2 is 2.22 bits per heavy atom. The van der Waals surface area contributed by atoms with E-state index >= 15 is 0 Å². The van der Waals surface area contributed by atoms with E-state index in [1.54, 1.807) is 5.32 Å². The molecule has 0 aliphatic rings. The maximum Gasteiger partial charge on any atom is 0.356 e. The average molecular weight is 133 g/mol. The minimum Gasteiger partial charge on any atom is -0.478 e. The van der Waals surface area contributed by atoms with Gasteiger partial charge in [0.25, 0.3) is 0 Å². The van der Waals surface area contributed by atoms with Crippen LogP contribution in [-0.2, 0) is 9.59 Å². The molecule has 0 saturated heterocycles. The molecule has 1 atom stereocenters. The van der Waals surface area contributed by atoms with Gasteiger partial charge in [0.05, 0.1) is 0 Å². The first-order valence-corrected chi connectivity index (χ1v) is 2.18. The van der Waals surface area contributed by atoms with Gasteiger partial charge in [0.15, 0.2) is 0 Å². The van der Waals surface area contributed by atoms with Gasteiger partial charge in [0.1, 0.15) is 0 Å². The van der Waals surface area contributed by atoms with E-state index in [1.807, 2.05) is 0 Å². The maximum atomic E-state index is 9.94. The predicted octanol–water partition coefficient (Wildman–Crippen LogP) is -1.47. The SMILES string of the molecule is C[C@](O)(NC=O)C(=O)O. The van der Waals surface area contributed by atoms with Crippen molar-refractivity contribution in [2.45, 2.75) is 12.6 Å². The molecule has 9 heavy (non-hydrogen) atoms. The van der Waals surface area contributed by atoms with Crippen LogP contribution in [-0.4, -0.2) is 28.3 Å². The van der Waals surface area contributed by atoms with E-state index in [0.717, 1.165) is 6.92 Å². The molecule has 0 spiro atoms. The largest absolute Gasteiger partial charge is 0.478 e. The second-order valence-corrected chi connectivity index (χ2v) is 1.64. The monoisotopic (exact) mass is 133 g/mol. The van der Waals surface area contributed by atoms with Gasteiger partial charge >= 0.3 is 5.97 Å². The summed E-state index contributed by atoms with van der Waals surface area (Å²) in [5, 5.41) is 18.4. The molecular weight excluding hydrogens is 126 g/mol. The molecule has 0 rings (SSSR count). The van der Waals surface area contributed by atoms with Crippen molar-refractivity contribution < 1.29 is 19.8 Å². The highest BCUT2D eigenvalue weighted by Crippen LogP contribution is 1.93. The third kappa shape index (κ3) is 2.09. The predicted molar refractivity (Wildman–Crippen MR) is 27.5 cm³/mol. The van der Waals surface area contributed by atoms with E-state index in [0.29, 0.717) is 0 Å². The van der Waals surface area contributed by atoms with Crippen LogP contribution in [0.25, 0.3) is 0 Å². The van der Waals surface area contributed by atoms with Gasteiger partial charge in [-0.1, -0.05) is 0 Å². The number of aliphatic hydroxyl groups is 1. The Hall–Kier alpha value is -1.10. The third-order valence-electron chi connectivity index (χ3n) is 0.756. The van der Waals surface area contributed by atoms with Gasteiger partial charge in [-0.3, -0.25) is 4.79 Å². The first-order chi connectivity index (χ1) is 4.00. The molecule has 0 radical (unpaired) electrons. The number of carboxylic acids is 1. The normalized spacial score (nSPS) is 15.8. The zero-order valence-electron chi connectivity index (χ0n) is 4.79. The lowest BCUT2D eigenvalue weighted by atomic mass is 10.3. The molecule has 5 nitrogen and oxygen atoms in total. The highest BCUT2D eigenvalue weighted by molar-refractivity contribution is 5.78. The molecule has 3 N–H and O–H groups in total. The van der Waals surface area contributed by atoms with Gasteiger partial charge in [-0.15, -0.1) is 0 Å². The molecule has 0 bridgehead atoms. The van der Waals surface area contributed by atoms with Gasteiger partial charge in [0, 0.05) is 0 Å². The molecule has 0 saturated carbocycles. The zero-order chi connectivity index (χ0) is 7.49. The van der Waals surface area contributed by atoms with Crippen molar-refractivity contribution in [2.24, 2.45) is 0 Å².